The van der Waals surface area contributed by atoms with Crippen LogP contribution in [0.3, 0.4) is 0 Å². The number of aliphatic hydroxyl groups is 1. The van der Waals surface area contributed by atoms with Gasteiger partial charge in [0.25, 0.3) is 0 Å². The van der Waals surface area contributed by atoms with Crippen molar-refractivity contribution in [1.29, 1.82) is 0 Å². The van der Waals surface area contributed by atoms with Gasteiger partial charge in [-0.05, 0) is 39.7 Å². The summed E-state index contributed by atoms with van der Waals surface area (Å²) in [7, 11) is 0. The number of piperidine rings is 1. The number of aromatic nitrogens is 3. The molecule has 2 rings (SSSR count). The molecular formula is C13H24N4O. The molecule has 0 saturated carbocycles. The van der Waals surface area contributed by atoms with E-state index in [0.29, 0.717) is 6.04 Å². The maximum atomic E-state index is 9.15. The number of aryl methyl sites for hydroxylation is 1. The van der Waals surface area contributed by atoms with Gasteiger partial charge in [0.1, 0.15) is 11.6 Å². The Hall–Kier alpha value is -0.940. The average molecular weight is 252 g/mol. The fourth-order valence-corrected chi connectivity index (χ4v) is 2.88. The van der Waals surface area contributed by atoms with Gasteiger partial charge in [-0.2, -0.15) is 0 Å². The lowest BCUT2D eigenvalue weighted by molar-refractivity contribution is 0.108. The first-order valence-electron chi connectivity index (χ1n) is 6.99. The van der Waals surface area contributed by atoms with E-state index in [1.165, 1.54) is 19.3 Å². The molecule has 1 fully saturated rings. The lowest BCUT2D eigenvalue weighted by atomic mass is 10.00. The molecule has 0 aromatic carbocycles. The van der Waals surface area contributed by atoms with Crippen LogP contribution in [-0.4, -0.2) is 44.0 Å². The molecule has 0 spiro atoms. The molecule has 1 aromatic heterocycles. The predicted molar refractivity (Wildman–Crippen MR) is 70.2 cm³/mol. The molecule has 1 aromatic rings. The minimum absolute atomic E-state index is 0.278. The third kappa shape index (κ3) is 2.90. The summed E-state index contributed by atoms with van der Waals surface area (Å²) < 4.78 is 2.17. The zero-order valence-corrected chi connectivity index (χ0v) is 11.5. The first-order valence-corrected chi connectivity index (χ1v) is 6.99. The first-order chi connectivity index (χ1) is 8.76. The third-order valence-electron chi connectivity index (χ3n) is 3.88. The van der Waals surface area contributed by atoms with Gasteiger partial charge < -0.3 is 9.67 Å². The Morgan fingerprint density at radius 3 is 2.89 bits per heavy atom. The molecule has 0 aliphatic carbocycles. The highest BCUT2D eigenvalue weighted by molar-refractivity contribution is 4.95. The number of likely N-dealkylation sites (tertiary alicyclic amines) is 1. The van der Waals surface area contributed by atoms with Gasteiger partial charge in [0.05, 0.1) is 6.54 Å². The molecule has 0 bridgehead atoms. The van der Waals surface area contributed by atoms with E-state index in [0.717, 1.165) is 37.7 Å². The highest BCUT2D eigenvalue weighted by atomic mass is 16.3. The summed E-state index contributed by atoms with van der Waals surface area (Å²) in [5.74, 6) is 2.04. The SMILES string of the molecule is CCn1c(C)nnc1CN1CCCCC1CCO. The van der Waals surface area contributed by atoms with Crippen LogP contribution in [0, 0.1) is 6.92 Å². The second-order valence-corrected chi connectivity index (χ2v) is 5.04. The molecule has 5 nitrogen and oxygen atoms in total. The van der Waals surface area contributed by atoms with E-state index in [9.17, 15) is 0 Å². The summed E-state index contributed by atoms with van der Waals surface area (Å²) in [5, 5.41) is 17.6. The van der Waals surface area contributed by atoms with Crippen LogP contribution in [-0.2, 0) is 13.1 Å². The highest BCUT2D eigenvalue weighted by Gasteiger charge is 2.23. The van der Waals surface area contributed by atoms with Gasteiger partial charge in [-0.15, -0.1) is 10.2 Å². The topological polar surface area (TPSA) is 54.2 Å². The Kier molecular flexibility index (Phi) is 4.72. The maximum absolute atomic E-state index is 9.15. The number of hydrogen-bond acceptors (Lipinski definition) is 4. The maximum Gasteiger partial charge on any atom is 0.147 e. The van der Waals surface area contributed by atoms with Crippen molar-refractivity contribution < 1.29 is 5.11 Å². The fraction of sp³-hybridized carbons (Fsp3) is 0.846. The minimum Gasteiger partial charge on any atom is -0.396 e. The second kappa shape index (κ2) is 6.29. The molecule has 0 amide bonds. The smallest absolute Gasteiger partial charge is 0.147 e. The highest BCUT2D eigenvalue weighted by Crippen LogP contribution is 2.21. The molecule has 1 aliphatic rings. The number of hydrogen-bond donors (Lipinski definition) is 1. The van der Waals surface area contributed by atoms with Gasteiger partial charge in [0, 0.05) is 19.2 Å². The van der Waals surface area contributed by atoms with Gasteiger partial charge >= 0.3 is 0 Å². The fourth-order valence-electron chi connectivity index (χ4n) is 2.88. The van der Waals surface area contributed by atoms with Crippen molar-refractivity contribution in [2.45, 2.75) is 58.7 Å². The molecule has 5 heteroatoms. The van der Waals surface area contributed by atoms with Crippen LogP contribution in [0.5, 0.6) is 0 Å². The van der Waals surface area contributed by atoms with Gasteiger partial charge in [0.15, 0.2) is 0 Å². The van der Waals surface area contributed by atoms with Crippen LogP contribution in [0.2, 0.25) is 0 Å². The Morgan fingerprint density at radius 1 is 1.33 bits per heavy atom. The lowest BCUT2D eigenvalue weighted by Gasteiger charge is -2.35. The minimum atomic E-state index is 0.278. The average Bonchev–Trinajstić information content (AvgIpc) is 2.72. The number of aliphatic hydroxyl groups excluding tert-OH is 1. The molecule has 2 heterocycles. The Labute approximate surface area is 109 Å². The van der Waals surface area contributed by atoms with Crippen LogP contribution in [0.25, 0.3) is 0 Å². The lowest BCUT2D eigenvalue weighted by Crippen LogP contribution is -2.40. The third-order valence-corrected chi connectivity index (χ3v) is 3.88. The van der Waals surface area contributed by atoms with E-state index < -0.39 is 0 Å². The second-order valence-electron chi connectivity index (χ2n) is 5.04. The molecule has 0 radical (unpaired) electrons. The summed E-state index contributed by atoms with van der Waals surface area (Å²) in [4.78, 5) is 2.45. The summed E-state index contributed by atoms with van der Waals surface area (Å²) in [5.41, 5.74) is 0. The van der Waals surface area contributed by atoms with Crippen LogP contribution in [0.1, 0.15) is 44.3 Å². The summed E-state index contributed by atoms with van der Waals surface area (Å²) in [6.07, 6.45) is 4.60. The van der Waals surface area contributed by atoms with Crippen molar-refractivity contribution in [2.75, 3.05) is 13.2 Å². The largest absolute Gasteiger partial charge is 0.396 e. The zero-order valence-electron chi connectivity index (χ0n) is 11.5. The molecule has 102 valence electrons. The van der Waals surface area contributed by atoms with Crippen molar-refractivity contribution >= 4 is 0 Å². The number of rotatable bonds is 5. The van der Waals surface area contributed by atoms with Crippen molar-refractivity contribution in [3.05, 3.63) is 11.6 Å². The van der Waals surface area contributed by atoms with E-state index in [1.807, 2.05) is 6.92 Å². The van der Waals surface area contributed by atoms with Gasteiger partial charge in [-0.25, -0.2) is 0 Å². The normalized spacial score (nSPS) is 21.4. The van der Waals surface area contributed by atoms with Crippen molar-refractivity contribution in [1.82, 2.24) is 19.7 Å². The Bertz CT molecular complexity index is 375. The van der Waals surface area contributed by atoms with Crippen LogP contribution in [0.15, 0.2) is 0 Å². The molecule has 1 unspecified atom stereocenters. The Morgan fingerprint density at radius 2 is 2.17 bits per heavy atom. The van der Waals surface area contributed by atoms with Gasteiger partial charge in [-0.1, -0.05) is 6.42 Å². The summed E-state index contributed by atoms with van der Waals surface area (Å²) in [6.45, 7) is 7.30. The first kappa shape index (κ1) is 13.5. The zero-order chi connectivity index (χ0) is 13.0. The van der Waals surface area contributed by atoms with Crippen molar-refractivity contribution in [3.8, 4) is 0 Å². The van der Waals surface area contributed by atoms with Crippen LogP contribution >= 0.6 is 0 Å². The molecule has 1 N–H and O–H groups in total. The summed E-state index contributed by atoms with van der Waals surface area (Å²) >= 11 is 0. The van der Waals surface area contributed by atoms with E-state index in [2.05, 4.69) is 26.6 Å². The quantitative estimate of drug-likeness (QED) is 0.859. The van der Waals surface area contributed by atoms with E-state index in [-0.39, 0.29) is 6.61 Å². The van der Waals surface area contributed by atoms with Gasteiger partial charge in [0.2, 0.25) is 0 Å². The Balaban J connectivity index is 2.05. The van der Waals surface area contributed by atoms with Gasteiger partial charge in [-0.3, -0.25) is 4.90 Å². The van der Waals surface area contributed by atoms with E-state index >= 15 is 0 Å². The molecule has 1 atom stereocenters. The van der Waals surface area contributed by atoms with Crippen molar-refractivity contribution in [3.63, 3.8) is 0 Å². The molecule has 1 saturated heterocycles. The van der Waals surface area contributed by atoms with Crippen LogP contribution < -0.4 is 0 Å². The van der Waals surface area contributed by atoms with E-state index in [4.69, 9.17) is 5.11 Å². The standard InChI is InChI=1S/C13H24N4O/c1-3-17-11(2)14-15-13(17)10-16-8-5-4-6-12(16)7-9-18/h12,18H,3-10H2,1-2H3. The van der Waals surface area contributed by atoms with E-state index in [1.54, 1.807) is 0 Å². The van der Waals surface area contributed by atoms with Crippen molar-refractivity contribution in [2.24, 2.45) is 0 Å². The molecule has 1 aliphatic heterocycles. The molecule has 18 heavy (non-hydrogen) atoms. The summed E-state index contributed by atoms with van der Waals surface area (Å²) in [6, 6.07) is 0.506. The molecular weight excluding hydrogens is 228 g/mol. The number of nitrogens with zero attached hydrogens (tertiary/aromatic N) is 4. The monoisotopic (exact) mass is 252 g/mol. The van der Waals surface area contributed by atoms with Crippen LogP contribution in [0.4, 0.5) is 0 Å². The predicted octanol–water partition coefficient (Wildman–Crippen LogP) is 1.34.